The predicted molar refractivity (Wildman–Crippen MR) is 211 cm³/mol. The summed E-state index contributed by atoms with van der Waals surface area (Å²) in [6.07, 6.45) is 3.53. The lowest BCUT2D eigenvalue weighted by Crippen LogP contribution is -2.65. The van der Waals surface area contributed by atoms with Crippen LogP contribution >= 0.6 is 11.3 Å². The Balaban J connectivity index is 1.18. The van der Waals surface area contributed by atoms with Crippen molar-refractivity contribution in [3.8, 4) is 16.8 Å². The number of amides is 1. The number of thiophene rings is 1. The first-order chi connectivity index (χ1) is 26.5. The molecule has 15 heteroatoms. The number of hydrogen-bond acceptors (Lipinski definition) is 10. The van der Waals surface area contributed by atoms with Gasteiger partial charge in [0.15, 0.2) is 0 Å². The van der Waals surface area contributed by atoms with E-state index in [2.05, 4.69) is 29.4 Å². The van der Waals surface area contributed by atoms with E-state index in [4.69, 9.17) is 19.2 Å². The van der Waals surface area contributed by atoms with E-state index in [1.807, 2.05) is 67.6 Å². The molecule has 3 aromatic heterocycles. The third-order valence-electron chi connectivity index (χ3n) is 10.4. The van der Waals surface area contributed by atoms with Crippen molar-refractivity contribution in [2.24, 2.45) is 0 Å². The highest BCUT2D eigenvalue weighted by Gasteiger charge is 2.49. The van der Waals surface area contributed by atoms with Crippen molar-refractivity contribution in [3.63, 3.8) is 0 Å². The molecular formula is C40H43FN6O6SSi. The monoisotopic (exact) mass is 782 g/mol. The van der Waals surface area contributed by atoms with Crippen LogP contribution in [0, 0.1) is 12.7 Å². The molecule has 1 amide bonds. The van der Waals surface area contributed by atoms with Crippen LogP contribution in [0.25, 0.3) is 15.2 Å². The Hall–Kier alpha value is -5.22. The lowest BCUT2D eigenvalue weighted by Gasteiger charge is -2.41. The number of halogens is 1. The van der Waals surface area contributed by atoms with Crippen molar-refractivity contribution in [2.75, 3.05) is 26.9 Å². The molecule has 1 saturated heterocycles. The molecule has 1 fully saturated rings. The van der Waals surface area contributed by atoms with E-state index >= 15 is 0 Å². The van der Waals surface area contributed by atoms with Gasteiger partial charge in [0.05, 0.1) is 30.9 Å². The van der Waals surface area contributed by atoms with E-state index in [9.17, 15) is 18.8 Å². The minimum atomic E-state index is -3.25. The molecule has 0 saturated carbocycles. The van der Waals surface area contributed by atoms with Crippen LogP contribution in [0.2, 0.25) is 5.04 Å². The van der Waals surface area contributed by atoms with E-state index in [-0.39, 0.29) is 43.7 Å². The van der Waals surface area contributed by atoms with Crippen LogP contribution in [0.1, 0.15) is 56.4 Å². The zero-order valence-electron chi connectivity index (χ0n) is 31.1. The van der Waals surface area contributed by atoms with E-state index in [1.54, 1.807) is 12.4 Å². The zero-order valence-corrected chi connectivity index (χ0v) is 32.9. The molecule has 4 heterocycles. The summed E-state index contributed by atoms with van der Waals surface area (Å²) in [6.45, 7) is 6.33. The van der Waals surface area contributed by atoms with Crippen LogP contribution < -0.4 is 30.7 Å². The Kier molecular flexibility index (Phi) is 11.0. The van der Waals surface area contributed by atoms with E-state index < -0.39 is 31.3 Å². The number of carbonyl (C=O) groups is 1. The quantitative estimate of drug-likeness (QED) is 0.109. The molecule has 0 unspecified atom stereocenters. The zero-order chi connectivity index (χ0) is 38.7. The highest BCUT2D eigenvalue weighted by Crippen LogP contribution is 2.40. The van der Waals surface area contributed by atoms with E-state index in [0.29, 0.717) is 44.9 Å². The number of rotatable bonds is 15. The third kappa shape index (κ3) is 7.44. The van der Waals surface area contributed by atoms with Crippen molar-refractivity contribution in [1.29, 1.82) is 0 Å². The third-order valence-corrected chi connectivity index (χ3v) is 16.1. The average molecular weight is 783 g/mol. The number of nitrogens with one attached hydrogen (secondary N) is 1. The number of benzene rings is 3. The topological polar surface area (TPSA) is 143 Å². The van der Waals surface area contributed by atoms with Crippen molar-refractivity contribution in [2.45, 2.75) is 57.2 Å². The number of hydrogen-bond donors (Lipinski definition) is 2. The lowest BCUT2D eigenvalue weighted by atomic mass is 10.1. The molecule has 0 aliphatic carbocycles. The van der Waals surface area contributed by atoms with Crippen LogP contribution in [0.15, 0.2) is 96.1 Å². The lowest BCUT2D eigenvalue weighted by molar-refractivity contribution is -0.119. The molecule has 2 N–H and O–H groups in total. The minimum absolute atomic E-state index is 0.00659. The van der Waals surface area contributed by atoms with Crippen molar-refractivity contribution >= 4 is 46.2 Å². The number of nitrogens with zero attached hydrogens (tertiary/aromatic N) is 5. The number of fused-ring (bicyclic) bond motifs is 1. The van der Waals surface area contributed by atoms with Crippen LogP contribution in [0.3, 0.4) is 0 Å². The fraction of sp³-hybridized carbons (Fsp3) is 0.325. The Morgan fingerprint density at radius 3 is 2.33 bits per heavy atom. The number of aromatic nitrogens is 5. The molecule has 12 nitrogen and oxygen atoms in total. The summed E-state index contributed by atoms with van der Waals surface area (Å²) in [7, 11) is -1.75. The Morgan fingerprint density at radius 2 is 1.71 bits per heavy atom. The largest absolute Gasteiger partial charge is 0.496 e. The summed E-state index contributed by atoms with van der Waals surface area (Å²) in [5, 5.41) is 13.6. The maximum atomic E-state index is 14.8. The van der Waals surface area contributed by atoms with Crippen LogP contribution in [-0.4, -0.2) is 70.4 Å². The standard InChI is InChI=1S/C40H43FN6O6SSi/c1-26-35-36(54-38(26)47-43-19-20-44-47)45-39(46(37(35)49)28-23-34(48)42-24-28)53-25-33(31-22-27(41)16-17-32(31)51-4)52-21-11-18-40(2,3)55(50,29-12-7-5-8-13-29)30-14-9-6-10-15-30/h5-10,12-17,19-20,22,28,33,50H,11,18,21,23-25H2,1-4H3,(H,42,48)/t28-,33+/m1/s1. The van der Waals surface area contributed by atoms with Gasteiger partial charge in [-0.25, -0.2) is 4.39 Å². The molecule has 0 bridgehead atoms. The second-order valence-corrected chi connectivity index (χ2v) is 19.2. The van der Waals surface area contributed by atoms with Crippen LogP contribution in [0.5, 0.6) is 11.8 Å². The van der Waals surface area contributed by atoms with E-state index in [1.165, 1.54) is 46.0 Å². The Labute approximate surface area is 322 Å². The van der Waals surface area contributed by atoms with Gasteiger partial charge < -0.3 is 24.3 Å². The molecule has 6 aromatic rings. The van der Waals surface area contributed by atoms with Gasteiger partial charge in [-0.3, -0.25) is 14.2 Å². The maximum absolute atomic E-state index is 14.8. The summed E-state index contributed by atoms with van der Waals surface area (Å²) >= 11 is 1.25. The normalized spacial score (nSPS) is 15.3. The molecule has 7 rings (SSSR count). The Bertz CT molecular complexity index is 2300. The molecule has 0 radical (unpaired) electrons. The molecule has 1 aliphatic rings. The fourth-order valence-electron chi connectivity index (χ4n) is 7.44. The van der Waals surface area contributed by atoms with Gasteiger partial charge in [0.25, 0.3) is 13.9 Å². The summed E-state index contributed by atoms with van der Waals surface area (Å²) in [5.41, 5.74) is 0.729. The first-order valence-corrected chi connectivity index (χ1v) is 20.9. The van der Waals surface area contributed by atoms with Gasteiger partial charge in [0, 0.05) is 30.7 Å². The summed E-state index contributed by atoms with van der Waals surface area (Å²) in [6, 6.07) is 23.3. The predicted octanol–water partition coefficient (Wildman–Crippen LogP) is 5.01. The second kappa shape index (κ2) is 15.9. The molecule has 3 aromatic carbocycles. The van der Waals surface area contributed by atoms with Gasteiger partial charge in [0.2, 0.25) is 5.91 Å². The SMILES string of the molecule is COc1ccc(F)cc1[C@H](COc1nc2sc(-n3nccn3)c(C)c2c(=O)n1[C@H]1CNC(=O)C1)OCCCC(C)(C)[Si](O)(c1ccccc1)c1ccccc1. The number of aryl methyl sites for hydroxylation is 1. The van der Waals surface area contributed by atoms with E-state index in [0.717, 1.165) is 10.4 Å². The summed E-state index contributed by atoms with van der Waals surface area (Å²) in [5.74, 6) is -0.260. The Morgan fingerprint density at radius 1 is 1.04 bits per heavy atom. The summed E-state index contributed by atoms with van der Waals surface area (Å²) in [4.78, 5) is 45.9. The molecule has 1 aliphatic heterocycles. The molecule has 286 valence electrons. The van der Waals surface area contributed by atoms with Gasteiger partial charge in [0.1, 0.15) is 34.1 Å². The number of methoxy groups -OCH3 is 1. The van der Waals surface area contributed by atoms with Gasteiger partial charge in [-0.1, -0.05) is 85.8 Å². The smallest absolute Gasteiger partial charge is 0.301 e. The minimum Gasteiger partial charge on any atom is -0.496 e. The van der Waals surface area contributed by atoms with Crippen molar-refractivity contribution in [1.82, 2.24) is 29.9 Å². The van der Waals surface area contributed by atoms with Crippen molar-refractivity contribution < 1.29 is 28.2 Å². The second-order valence-electron chi connectivity index (χ2n) is 14.2. The summed E-state index contributed by atoms with van der Waals surface area (Å²) < 4.78 is 34.7. The highest BCUT2D eigenvalue weighted by atomic mass is 32.1. The van der Waals surface area contributed by atoms with Gasteiger partial charge in [-0.05, 0) is 53.4 Å². The number of ether oxygens (including phenoxy) is 3. The molecule has 55 heavy (non-hydrogen) atoms. The maximum Gasteiger partial charge on any atom is 0.301 e. The first-order valence-electron chi connectivity index (χ1n) is 18.1. The number of carbonyl (C=O) groups excluding carboxylic acids is 1. The fourth-order valence-corrected chi connectivity index (χ4v) is 12.3. The van der Waals surface area contributed by atoms with Gasteiger partial charge >= 0.3 is 6.01 Å². The van der Waals surface area contributed by atoms with Crippen LogP contribution in [0.4, 0.5) is 4.39 Å². The molecular weight excluding hydrogens is 740 g/mol. The van der Waals surface area contributed by atoms with Gasteiger partial charge in [-0.2, -0.15) is 15.2 Å². The average Bonchev–Trinajstić information content (AvgIpc) is 3.95. The molecule has 2 atom stereocenters. The highest BCUT2D eigenvalue weighted by molar-refractivity contribution is 7.21. The first kappa shape index (κ1) is 38.1. The van der Waals surface area contributed by atoms with Gasteiger partial charge in [-0.15, -0.1) is 4.80 Å². The molecule has 0 spiro atoms. The van der Waals surface area contributed by atoms with Crippen LogP contribution in [-0.2, 0) is 9.53 Å². The van der Waals surface area contributed by atoms with Crippen molar-refractivity contribution in [3.05, 3.63) is 119 Å².